The van der Waals surface area contributed by atoms with Gasteiger partial charge in [0, 0.05) is 18.8 Å². The topological polar surface area (TPSA) is 33.2 Å². The summed E-state index contributed by atoms with van der Waals surface area (Å²) in [7, 11) is 0. The van der Waals surface area contributed by atoms with Crippen LogP contribution in [0.2, 0.25) is 0 Å². The molecule has 0 radical (unpaired) electrons. The second-order valence-corrected chi connectivity index (χ2v) is 6.42. The third-order valence-electron chi connectivity index (χ3n) is 4.02. The Labute approximate surface area is 129 Å². The maximum absolute atomic E-state index is 11.7. The summed E-state index contributed by atoms with van der Waals surface area (Å²) in [6.07, 6.45) is 4.12. The molecule has 4 heteroatoms. The van der Waals surface area contributed by atoms with E-state index in [-0.39, 0.29) is 11.9 Å². The molecule has 1 aliphatic rings. The maximum Gasteiger partial charge on any atom is 0.220 e. The third kappa shape index (κ3) is 3.32. The molecular formula is C17H20N2OS. The van der Waals surface area contributed by atoms with E-state index in [4.69, 9.17) is 4.98 Å². The molecule has 3 nitrogen and oxygen atoms in total. The smallest absolute Gasteiger partial charge is 0.220 e. The van der Waals surface area contributed by atoms with E-state index < -0.39 is 0 Å². The number of thiazole rings is 1. The van der Waals surface area contributed by atoms with Crippen LogP contribution in [0.3, 0.4) is 0 Å². The van der Waals surface area contributed by atoms with Crippen LogP contribution in [0.1, 0.15) is 42.1 Å². The van der Waals surface area contributed by atoms with E-state index >= 15 is 0 Å². The monoisotopic (exact) mass is 300 g/mol. The largest absolute Gasteiger partial charge is 0.333 e. The van der Waals surface area contributed by atoms with Crippen molar-refractivity contribution >= 4 is 17.2 Å². The number of rotatable bonds is 4. The maximum atomic E-state index is 11.7. The van der Waals surface area contributed by atoms with Gasteiger partial charge in [-0.2, -0.15) is 0 Å². The van der Waals surface area contributed by atoms with Gasteiger partial charge < -0.3 is 4.90 Å². The van der Waals surface area contributed by atoms with Crippen LogP contribution in [-0.2, 0) is 17.6 Å². The summed E-state index contributed by atoms with van der Waals surface area (Å²) in [6, 6.07) is 10.7. The molecule has 1 amide bonds. The van der Waals surface area contributed by atoms with Crippen molar-refractivity contribution in [2.24, 2.45) is 0 Å². The number of amides is 1. The van der Waals surface area contributed by atoms with Gasteiger partial charge in [-0.1, -0.05) is 30.3 Å². The summed E-state index contributed by atoms with van der Waals surface area (Å²) in [4.78, 5) is 18.4. The third-order valence-corrected chi connectivity index (χ3v) is 5.02. The molecule has 1 atom stereocenters. The van der Waals surface area contributed by atoms with Gasteiger partial charge >= 0.3 is 0 Å². The number of nitrogens with zero attached hydrogens (tertiary/aromatic N) is 2. The highest BCUT2D eigenvalue weighted by Gasteiger charge is 2.29. The van der Waals surface area contributed by atoms with Crippen LogP contribution in [-0.4, -0.2) is 22.3 Å². The Hall–Kier alpha value is -1.68. The molecule has 3 rings (SSSR count). The van der Waals surface area contributed by atoms with Crippen molar-refractivity contribution in [2.45, 2.75) is 38.6 Å². The highest BCUT2D eigenvalue weighted by Crippen LogP contribution is 2.33. The van der Waals surface area contributed by atoms with Crippen molar-refractivity contribution in [2.75, 3.05) is 6.54 Å². The van der Waals surface area contributed by atoms with Crippen molar-refractivity contribution < 1.29 is 4.79 Å². The zero-order chi connectivity index (χ0) is 14.7. The lowest BCUT2D eigenvalue weighted by Gasteiger charge is -2.21. The van der Waals surface area contributed by atoms with Gasteiger partial charge in [-0.05, 0) is 31.2 Å². The van der Waals surface area contributed by atoms with E-state index in [1.54, 1.807) is 18.3 Å². The molecule has 2 heterocycles. The number of benzene rings is 1. The Balaban J connectivity index is 1.65. The number of hydrogen-bond donors (Lipinski definition) is 0. The summed E-state index contributed by atoms with van der Waals surface area (Å²) >= 11 is 1.70. The number of aromatic nitrogens is 1. The lowest BCUT2D eigenvalue weighted by atomic mass is 10.1. The zero-order valence-electron chi connectivity index (χ0n) is 12.3. The summed E-state index contributed by atoms with van der Waals surface area (Å²) < 4.78 is 0. The fourth-order valence-electron chi connectivity index (χ4n) is 2.91. The SMILES string of the molecule is CC(=O)N1CCCC1c1nc(CCc2ccccc2)cs1. The number of likely N-dealkylation sites (tertiary alicyclic amines) is 1. The van der Waals surface area contributed by atoms with Crippen molar-refractivity contribution in [3.8, 4) is 0 Å². The van der Waals surface area contributed by atoms with Gasteiger partial charge in [0.25, 0.3) is 0 Å². The minimum absolute atomic E-state index is 0.165. The van der Waals surface area contributed by atoms with Crippen LogP contribution >= 0.6 is 11.3 Å². The van der Waals surface area contributed by atoms with Gasteiger partial charge in [0.05, 0.1) is 11.7 Å². The first-order valence-corrected chi connectivity index (χ1v) is 8.37. The summed E-state index contributed by atoms with van der Waals surface area (Å²) in [5.41, 5.74) is 2.49. The number of carbonyl (C=O) groups excluding carboxylic acids is 1. The molecule has 1 aromatic heterocycles. The van der Waals surface area contributed by atoms with Crippen LogP contribution in [0, 0.1) is 0 Å². The Morgan fingerprint density at radius 1 is 1.33 bits per heavy atom. The fourth-order valence-corrected chi connectivity index (χ4v) is 3.91. The first-order valence-electron chi connectivity index (χ1n) is 7.49. The standard InChI is InChI=1S/C17H20N2OS/c1-13(20)19-11-5-8-16(19)17-18-15(12-21-17)10-9-14-6-3-2-4-7-14/h2-4,6-7,12,16H,5,8-11H2,1H3. The molecule has 1 aliphatic heterocycles. The summed E-state index contributed by atoms with van der Waals surface area (Å²) in [5.74, 6) is 0.165. The zero-order valence-corrected chi connectivity index (χ0v) is 13.1. The highest BCUT2D eigenvalue weighted by atomic mass is 32.1. The van der Waals surface area contributed by atoms with E-state index in [0.717, 1.165) is 42.9 Å². The predicted molar refractivity (Wildman–Crippen MR) is 85.3 cm³/mol. The lowest BCUT2D eigenvalue weighted by molar-refractivity contribution is -0.129. The molecule has 0 saturated carbocycles. The van der Waals surface area contributed by atoms with Gasteiger partial charge in [-0.25, -0.2) is 4.98 Å². The van der Waals surface area contributed by atoms with Crippen LogP contribution in [0.15, 0.2) is 35.7 Å². The minimum atomic E-state index is 0.165. The Bertz CT molecular complexity index is 608. The average Bonchev–Trinajstić information content (AvgIpc) is 3.15. The molecule has 0 bridgehead atoms. The Morgan fingerprint density at radius 3 is 2.90 bits per heavy atom. The Morgan fingerprint density at radius 2 is 2.14 bits per heavy atom. The van der Waals surface area contributed by atoms with Crippen LogP contribution in [0.25, 0.3) is 0 Å². The van der Waals surface area contributed by atoms with Crippen LogP contribution in [0.4, 0.5) is 0 Å². The molecule has 0 spiro atoms. The minimum Gasteiger partial charge on any atom is -0.333 e. The number of hydrogen-bond acceptors (Lipinski definition) is 3. The molecule has 21 heavy (non-hydrogen) atoms. The van der Waals surface area contributed by atoms with Gasteiger partial charge in [-0.3, -0.25) is 4.79 Å². The normalized spacial score (nSPS) is 18.1. The van der Waals surface area contributed by atoms with E-state index in [1.807, 2.05) is 11.0 Å². The first kappa shape index (κ1) is 14.3. The second kappa shape index (κ2) is 6.39. The van der Waals surface area contributed by atoms with Gasteiger partial charge in [-0.15, -0.1) is 11.3 Å². The molecular weight excluding hydrogens is 280 g/mol. The molecule has 1 aromatic carbocycles. The highest BCUT2D eigenvalue weighted by molar-refractivity contribution is 7.09. The van der Waals surface area contributed by atoms with Gasteiger partial charge in [0.2, 0.25) is 5.91 Å². The van der Waals surface area contributed by atoms with Crippen molar-refractivity contribution in [3.63, 3.8) is 0 Å². The van der Waals surface area contributed by atoms with Gasteiger partial charge in [0.15, 0.2) is 0 Å². The molecule has 0 N–H and O–H groups in total. The summed E-state index contributed by atoms with van der Waals surface area (Å²) in [5, 5.41) is 3.25. The lowest BCUT2D eigenvalue weighted by Crippen LogP contribution is -2.27. The van der Waals surface area contributed by atoms with Crippen molar-refractivity contribution in [1.82, 2.24) is 9.88 Å². The number of carbonyl (C=O) groups is 1. The van der Waals surface area contributed by atoms with E-state index in [0.29, 0.717) is 0 Å². The molecule has 2 aromatic rings. The Kier molecular flexibility index (Phi) is 4.34. The average molecular weight is 300 g/mol. The molecule has 1 saturated heterocycles. The van der Waals surface area contributed by atoms with Crippen LogP contribution < -0.4 is 0 Å². The first-order chi connectivity index (χ1) is 10.2. The molecule has 1 fully saturated rings. The van der Waals surface area contributed by atoms with E-state index in [2.05, 4.69) is 29.6 Å². The predicted octanol–water partition coefficient (Wildman–Crippen LogP) is 3.61. The molecule has 110 valence electrons. The van der Waals surface area contributed by atoms with E-state index in [9.17, 15) is 4.79 Å². The molecule has 1 unspecified atom stereocenters. The van der Waals surface area contributed by atoms with E-state index in [1.165, 1.54) is 5.56 Å². The second-order valence-electron chi connectivity index (χ2n) is 5.53. The van der Waals surface area contributed by atoms with Crippen molar-refractivity contribution in [1.29, 1.82) is 0 Å². The summed E-state index contributed by atoms with van der Waals surface area (Å²) in [6.45, 7) is 2.53. The van der Waals surface area contributed by atoms with Crippen LogP contribution in [0.5, 0.6) is 0 Å². The number of aryl methyl sites for hydroxylation is 2. The molecule has 0 aliphatic carbocycles. The van der Waals surface area contributed by atoms with Crippen molar-refractivity contribution in [3.05, 3.63) is 52.0 Å². The fraction of sp³-hybridized carbons (Fsp3) is 0.412. The van der Waals surface area contributed by atoms with Gasteiger partial charge in [0.1, 0.15) is 5.01 Å². The quantitative estimate of drug-likeness (QED) is 0.864.